The van der Waals surface area contributed by atoms with Crippen LogP contribution in [-0.4, -0.2) is 27.2 Å². The molecule has 0 spiro atoms. The number of ether oxygens (including phenoxy) is 1. The van der Waals surface area contributed by atoms with Crippen LogP contribution in [0.4, 0.5) is 0 Å². The molecule has 4 rings (SSSR count). The third kappa shape index (κ3) is 4.20. The van der Waals surface area contributed by atoms with Crippen LogP contribution in [0, 0.1) is 6.92 Å². The molecule has 0 aliphatic carbocycles. The lowest BCUT2D eigenvalue weighted by atomic mass is 10.1. The summed E-state index contributed by atoms with van der Waals surface area (Å²) in [6.07, 6.45) is 0. The molecule has 0 amide bonds. The predicted molar refractivity (Wildman–Crippen MR) is 108 cm³/mol. The van der Waals surface area contributed by atoms with Crippen LogP contribution >= 0.6 is 11.8 Å². The van der Waals surface area contributed by atoms with Gasteiger partial charge < -0.3 is 9.26 Å². The van der Waals surface area contributed by atoms with Crippen LogP contribution in [-0.2, 0) is 5.75 Å². The van der Waals surface area contributed by atoms with Gasteiger partial charge in [-0.15, -0.1) is 0 Å². The SMILES string of the molecule is COc1ccc(-c2noc(CSc3nc(C)cc(-c4ccccc4)n3)n2)cc1. The van der Waals surface area contributed by atoms with Gasteiger partial charge in [-0.2, -0.15) is 4.98 Å². The van der Waals surface area contributed by atoms with E-state index in [1.807, 2.05) is 67.6 Å². The number of aryl methyl sites for hydroxylation is 1. The summed E-state index contributed by atoms with van der Waals surface area (Å²) in [7, 11) is 1.63. The largest absolute Gasteiger partial charge is 0.497 e. The fourth-order valence-corrected chi connectivity index (χ4v) is 3.40. The van der Waals surface area contributed by atoms with Crippen LogP contribution in [0.3, 0.4) is 0 Å². The van der Waals surface area contributed by atoms with Crippen LogP contribution in [0.5, 0.6) is 5.75 Å². The third-order valence-corrected chi connectivity index (χ3v) is 4.88. The molecule has 140 valence electrons. The lowest BCUT2D eigenvalue weighted by molar-refractivity contribution is 0.391. The van der Waals surface area contributed by atoms with E-state index in [1.165, 1.54) is 11.8 Å². The highest BCUT2D eigenvalue weighted by Gasteiger charge is 2.11. The molecule has 7 heteroatoms. The average molecular weight is 390 g/mol. The van der Waals surface area contributed by atoms with Gasteiger partial charge in [0.2, 0.25) is 11.7 Å². The van der Waals surface area contributed by atoms with Gasteiger partial charge in [0.25, 0.3) is 0 Å². The van der Waals surface area contributed by atoms with E-state index in [1.54, 1.807) is 7.11 Å². The lowest BCUT2D eigenvalue weighted by Gasteiger charge is -2.05. The van der Waals surface area contributed by atoms with Crippen LogP contribution in [0.15, 0.2) is 70.3 Å². The van der Waals surface area contributed by atoms with Gasteiger partial charge in [-0.05, 0) is 37.3 Å². The van der Waals surface area contributed by atoms with E-state index in [-0.39, 0.29) is 0 Å². The Balaban J connectivity index is 1.48. The average Bonchev–Trinajstić information content (AvgIpc) is 3.22. The Kier molecular flexibility index (Phi) is 5.34. The van der Waals surface area contributed by atoms with Crippen LogP contribution in [0.1, 0.15) is 11.6 Å². The quantitative estimate of drug-likeness (QED) is 0.346. The zero-order chi connectivity index (χ0) is 19.3. The summed E-state index contributed by atoms with van der Waals surface area (Å²) in [4.78, 5) is 13.6. The van der Waals surface area contributed by atoms with Gasteiger partial charge in [0.1, 0.15) is 5.75 Å². The molecule has 2 heterocycles. The van der Waals surface area contributed by atoms with E-state index in [9.17, 15) is 0 Å². The first-order valence-electron chi connectivity index (χ1n) is 8.72. The zero-order valence-corrected chi connectivity index (χ0v) is 16.3. The maximum absolute atomic E-state index is 5.37. The fraction of sp³-hybridized carbons (Fsp3) is 0.143. The van der Waals surface area contributed by atoms with Crippen LogP contribution in [0.2, 0.25) is 0 Å². The van der Waals surface area contributed by atoms with Crippen LogP contribution in [0.25, 0.3) is 22.6 Å². The topological polar surface area (TPSA) is 73.9 Å². The molecule has 0 saturated heterocycles. The number of rotatable bonds is 6. The first kappa shape index (κ1) is 18.2. The van der Waals surface area contributed by atoms with E-state index >= 15 is 0 Å². The summed E-state index contributed by atoms with van der Waals surface area (Å²) in [5.74, 6) is 2.37. The molecule has 0 aliphatic heterocycles. The molecule has 2 aromatic carbocycles. The standard InChI is InChI=1S/C21H18N4O2S/c1-14-12-18(15-6-4-3-5-7-15)23-21(22-14)28-13-19-24-20(25-27-19)16-8-10-17(26-2)11-9-16/h3-12H,13H2,1-2H3. The Bertz CT molecular complexity index is 1070. The number of nitrogens with zero attached hydrogens (tertiary/aromatic N) is 4. The van der Waals surface area contributed by atoms with Crippen molar-refractivity contribution in [2.24, 2.45) is 0 Å². The second-order valence-electron chi connectivity index (χ2n) is 6.07. The molecule has 0 N–H and O–H groups in total. The Morgan fingerprint density at radius 1 is 0.929 bits per heavy atom. The normalized spacial score (nSPS) is 10.8. The van der Waals surface area contributed by atoms with Gasteiger partial charge in [-0.25, -0.2) is 9.97 Å². The van der Waals surface area contributed by atoms with Crippen molar-refractivity contribution in [1.82, 2.24) is 20.1 Å². The highest BCUT2D eigenvalue weighted by Crippen LogP contribution is 2.25. The summed E-state index contributed by atoms with van der Waals surface area (Å²) in [6, 6.07) is 19.6. The molecule has 4 aromatic rings. The second-order valence-corrected chi connectivity index (χ2v) is 7.01. The van der Waals surface area contributed by atoms with E-state index in [0.717, 1.165) is 28.3 Å². The van der Waals surface area contributed by atoms with Crippen molar-refractivity contribution in [3.63, 3.8) is 0 Å². The number of aromatic nitrogens is 4. The number of hydrogen-bond donors (Lipinski definition) is 0. The molecular formula is C21H18N4O2S. The molecule has 0 saturated carbocycles. The first-order chi connectivity index (χ1) is 13.7. The fourth-order valence-electron chi connectivity index (χ4n) is 2.66. The number of benzene rings is 2. The van der Waals surface area contributed by atoms with Gasteiger partial charge in [0.15, 0.2) is 5.16 Å². The Labute approximate surface area is 167 Å². The maximum Gasteiger partial charge on any atom is 0.237 e. The Hall–Kier alpha value is -3.19. The van der Waals surface area contributed by atoms with E-state index in [2.05, 4.69) is 20.1 Å². The van der Waals surface area contributed by atoms with E-state index in [4.69, 9.17) is 9.26 Å². The third-order valence-electron chi connectivity index (χ3n) is 4.04. The molecule has 0 unspecified atom stereocenters. The van der Waals surface area contributed by atoms with Gasteiger partial charge in [0, 0.05) is 16.8 Å². The summed E-state index contributed by atoms with van der Waals surface area (Å²) in [5, 5.41) is 4.74. The van der Waals surface area contributed by atoms with E-state index in [0.29, 0.717) is 22.6 Å². The lowest BCUT2D eigenvalue weighted by Crippen LogP contribution is -1.94. The van der Waals surface area contributed by atoms with Crippen molar-refractivity contribution in [1.29, 1.82) is 0 Å². The molecular weight excluding hydrogens is 372 g/mol. The van der Waals surface area contributed by atoms with Crippen molar-refractivity contribution in [2.75, 3.05) is 7.11 Å². The Morgan fingerprint density at radius 2 is 1.71 bits per heavy atom. The number of thioether (sulfide) groups is 1. The predicted octanol–water partition coefficient (Wildman–Crippen LogP) is 4.80. The van der Waals surface area contributed by atoms with E-state index < -0.39 is 0 Å². The second kappa shape index (κ2) is 8.22. The maximum atomic E-state index is 5.37. The summed E-state index contributed by atoms with van der Waals surface area (Å²) in [6.45, 7) is 1.96. The van der Waals surface area contributed by atoms with Gasteiger partial charge in [-0.3, -0.25) is 0 Å². The minimum Gasteiger partial charge on any atom is -0.497 e. The molecule has 0 radical (unpaired) electrons. The number of methoxy groups -OCH3 is 1. The van der Waals surface area contributed by atoms with Gasteiger partial charge in [-0.1, -0.05) is 47.3 Å². The van der Waals surface area contributed by atoms with Crippen molar-refractivity contribution in [3.8, 4) is 28.4 Å². The smallest absolute Gasteiger partial charge is 0.237 e. The Morgan fingerprint density at radius 3 is 2.46 bits per heavy atom. The molecule has 0 fully saturated rings. The first-order valence-corrected chi connectivity index (χ1v) is 9.71. The summed E-state index contributed by atoms with van der Waals surface area (Å²) < 4.78 is 10.5. The minimum absolute atomic E-state index is 0.501. The highest BCUT2D eigenvalue weighted by molar-refractivity contribution is 7.98. The monoisotopic (exact) mass is 390 g/mol. The molecule has 0 atom stereocenters. The van der Waals surface area contributed by atoms with Crippen molar-refractivity contribution >= 4 is 11.8 Å². The van der Waals surface area contributed by atoms with Crippen molar-refractivity contribution in [3.05, 3.63) is 72.2 Å². The molecule has 2 aromatic heterocycles. The molecule has 6 nitrogen and oxygen atoms in total. The van der Waals surface area contributed by atoms with Crippen LogP contribution < -0.4 is 4.74 Å². The highest BCUT2D eigenvalue weighted by atomic mass is 32.2. The minimum atomic E-state index is 0.501. The summed E-state index contributed by atoms with van der Waals surface area (Å²) >= 11 is 1.47. The van der Waals surface area contributed by atoms with Crippen molar-refractivity contribution < 1.29 is 9.26 Å². The van der Waals surface area contributed by atoms with Gasteiger partial charge in [0.05, 0.1) is 18.6 Å². The number of hydrogen-bond acceptors (Lipinski definition) is 7. The summed E-state index contributed by atoms with van der Waals surface area (Å²) in [5.41, 5.74) is 3.76. The molecule has 0 aliphatic rings. The molecule has 28 heavy (non-hydrogen) atoms. The van der Waals surface area contributed by atoms with Gasteiger partial charge >= 0.3 is 0 Å². The molecule has 0 bridgehead atoms. The zero-order valence-electron chi connectivity index (χ0n) is 15.5. The van der Waals surface area contributed by atoms with Crippen molar-refractivity contribution in [2.45, 2.75) is 17.8 Å².